The molecule has 114 valence electrons. The fourth-order valence-corrected chi connectivity index (χ4v) is 1.69. The molecule has 1 rings (SSSR count). The highest BCUT2D eigenvalue weighted by Crippen LogP contribution is 2.30. The number of benzene rings is 1. The molecule has 1 atom stereocenters. The number of rotatable bonds is 7. The minimum atomic E-state index is -4.30. The highest BCUT2D eigenvalue weighted by molar-refractivity contribution is 5.29. The van der Waals surface area contributed by atoms with E-state index in [-0.39, 0.29) is 6.10 Å². The van der Waals surface area contributed by atoms with Crippen LogP contribution in [0.5, 0.6) is 5.75 Å². The zero-order valence-corrected chi connectivity index (χ0v) is 12.1. The molecule has 0 saturated heterocycles. The van der Waals surface area contributed by atoms with Gasteiger partial charge in [0.1, 0.15) is 11.9 Å². The fourth-order valence-electron chi connectivity index (χ4n) is 1.69. The minimum Gasteiger partial charge on any atom is -0.489 e. The summed E-state index contributed by atoms with van der Waals surface area (Å²) in [6.45, 7) is 7.79. The van der Waals surface area contributed by atoms with Crippen molar-refractivity contribution in [1.29, 1.82) is 0 Å². The molecule has 0 spiro atoms. The summed E-state index contributed by atoms with van der Waals surface area (Å²) in [6, 6.07) is 4.78. The van der Waals surface area contributed by atoms with Crippen LogP contribution in [0.4, 0.5) is 13.2 Å². The van der Waals surface area contributed by atoms with Crippen molar-refractivity contribution in [2.24, 2.45) is 5.92 Å². The molecule has 0 bridgehead atoms. The van der Waals surface area contributed by atoms with Gasteiger partial charge in [0, 0.05) is 6.54 Å². The van der Waals surface area contributed by atoms with Crippen molar-refractivity contribution in [3.63, 3.8) is 0 Å². The van der Waals surface area contributed by atoms with E-state index in [0.717, 1.165) is 25.1 Å². The number of nitrogens with one attached hydrogen (secondary N) is 1. The van der Waals surface area contributed by atoms with E-state index < -0.39 is 11.7 Å². The van der Waals surface area contributed by atoms with Crippen LogP contribution in [0.1, 0.15) is 32.8 Å². The maximum absolute atomic E-state index is 12.4. The average Bonchev–Trinajstić information content (AvgIpc) is 2.34. The van der Waals surface area contributed by atoms with Gasteiger partial charge >= 0.3 is 6.18 Å². The van der Waals surface area contributed by atoms with Crippen molar-refractivity contribution >= 4 is 0 Å². The standard InChI is InChI=1S/C15H22F3NO/c1-11(2)8-9-19-10-12(3)20-14-6-4-13(5-7-14)15(16,17)18/h4-7,11-12,19H,8-10H2,1-3H3. The van der Waals surface area contributed by atoms with Crippen molar-refractivity contribution in [2.75, 3.05) is 13.1 Å². The van der Waals surface area contributed by atoms with Crippen LogP contribution in [-0.4, -0.2) is 19.2 Å². The second-order valence-corrected chi connectivity index (χ2v) is 5.34. The van der Waals surface area contributed by atoms with Gasteiger partial charge in [-0.15, -0.1) is 0 Å². The van der Waals surface area contributed by atoms with Crippen LogP contribution in [0.2, 0.25) is 0 Å². The minimum absolute atomic E-state index is 0.0844. The van der Waals surface area contributed by atoms with E-state index in [1.807, 2.05) is 6.92 Å². The van der Waals surface area contributed by atoms with Crippen molar-refractivity contribution in [3.05, 3.63) is 29.8 Å². The van der Waals surface area contributed by atoms with Gasteiger partial charge < -0.3 is 10.1 Å². The van der Waals surface area contributed by atoms with Gasteiger partial charge in [0.25, 0.3) is 0 Å². The van der Waals surface area contributed by atoms with Crippen LogP contribution >= 0.6 is 0 Å². The predicted molar refractivity (Wildman–Crippen MR) is 73.9 cm³/mol. The molecule has 0 aromatic heterocycles. The SMILES string of the molecule is CC(C)CCNCC(C)Oc1ccc(C(F)(F)F)cc1. The Morgan fingerprint density at radius 2 is 1.70 bits per heavy atom. The van der Waals surface area contributed by atoms with E-state index in [1.54, 1.807) is 0 Å². The summed E-state index contributed by atoms with van der Waals surface area (Å²) in [6.07, 6.45) is -3.30. The average molecular weight is 289 g/mol. The molecule has 2 nitrogen and oxygen atoms in total. The molecule has 0 heterocycles. The summed E-state index contributed by atoms with van der Waals surface area (Å²) < 4.78 is 42.8. The first-order valence-electron chi connectivity index (χ1n) is 6.83. The molecule has 0 amide bonds. The van der Waals surface area contributed by atoms with E-state index >= 15 is 0 Å². The van der Waals surface area contributed by atoms with Crippen molar-refractivity contribution in [3.8, 4) is 5.75 Å². The van der Waals surface area contributed by atoms with Gasteiger partial charge in [0.2, 0.25) is 0 Å². The van der Waals surface area contributed by atoms with Crippen LogP contribution in [0.3, 0.4) is 0 Å². The van der Waals surface area contributed by atoms with Gasteiger partial charge in [-0.25, -0.2) is 0 Å². The predicted octanol–water partition coefficient (Wildman–Crippen LogP) is 4.11. The molecular formula is C15H22F3NO. The summed E-state index contributed by atoms with van der Waals surface area (Å²) >= 11 is 0. The molecule has 5 heteroatoms. The molecule has 1 N–H and O–H groups in total. The second-order valence-electron chi connectivity index (χ2n) is 5.34. The summed E-state index contributed by atoms with van der Waals surface area (Å²) in [4.78, 5) is 0. The third-order valence-electron chi connectivity index (χ3n) is 2.85. The van der Waals surface area contributed by atoms with Crippen LogP contribution in [0.25, 0.3) is 0 Å². The zero-order chi connectivity index (χ0) is 15.2. The van der Waals surface area contributed by atoms with Gasteiger partial charge in [-0.2, -0.15) is 13.2 Å². The van der Waals surface area contributed by atoms with Gasteiger partial charge in [-0.3, -0.25) is 0 Å². The summed E-state index contributed by atoms with van der Waals surface area (Å²) in [5, 5.41) is 3.27. The first kappa shape index (κ1) is 16.8. The lowest BCUT2D eigenvalue weighted by molar-refractivity contribution is -0.137. The van der Waals surface area contributed by atoms with Gasteiger partial charge in [-0.1, -0.05) is 13.8 Å². The highest BCUT2D eigenvalue weighted by atomic mass is 19.4. The highest BCUT2D eigenvalue weighted by Gasteiger charge is 2.30. The lowest BCUT2D eigenvalue weighted by Crippen LogP contribution is -2.30. The fraction of sp³-hybridized carbons (Fsp3) is 0.600. The number of ether oxygens (including phenoxy) is 1. The van der Waals surface area contributed by atoms with Crippen LogP contribution in [0.15, 0.2) is 24.3 Å². The van der Waals surface area contributed by atoms with Crippen molar-refractivity contribution in [1.82, 2.24) is 5.32 Å². The second kappa shape index (κ2) is 7.53. The van der Waals surface area contributed by atoms with E-state index in [2.05, 4.69) is 19.2 Å². The van der Waals surface area contributed by atoms with E-state index in [1.165, 1.54) is 12.1 Å². The van der Waals surface area contributed by atoms with Gasteiger partial charge in [0.15, 0.2) is 0 Å². The largest absolute Gasteiger partial charge is 0.489 e. The summed E-state index contributed by atoms with van der Waals surface area (Å²) in [5.41, 5.74) is -0.660. The third kappa shape index (κ3) is 6.28. The molecule has 20 heavy (non-hydrogen) atoms. The maximum atomic E-state index is 12.4. The monoisotopic (exact) mass is 289 g/mol. The Morgan fingerprint density at radius 3 is 2.20 bits per heavy atom. The maximum Gasteiger partial charge on any atom is 0.416 e. The molecular weight excluding hydrogens is 267 g/mol. The first-order chi connectivity index (χ1) is 9.29. The van der Waals surface area contributed by atoms with Crippen LogP contribution in [-0.2, 0) is 6.18 Å². The van der Waals surface area contributed by atoms with Crippen LogP contribution < -0.4 is 10.1 Å². The van der Waals surface area contributed by atoms with Crippen molar-refractivity contribution < 1.29 is 17.9 Å². The molecule has 1 aromatic rings. The topological polar surface area (TPSA) is 21.3 Å². The van der Waals surface area contributed by atoms with E-state index in [9.17, 15) is 13.2 Å². The Kier molecular flexibility index (Phi) is 6.33. The molecule has 1 aromatic carbocycles. The van der Waals surface area contributed by atoms with Gasteiger partial charge in [-0.05, 0) is 50.1 Å². The summed E-state index contributed by atoms with van der Waals surface area (Å²) in [5.74, 6) is 1.10. The normalized spacial score (nSPS) is 13.6. The lowest BCUT2D eigenvalue weighted by atomic mass is 10.1. The van der Waals surface area contributed by atoms with Gasteiger partial charge in [0.05, 0.1) is 5.56 Å². The Hall–Kier alpha value is -1.23. The molecule has 0 radical (unpaired) electrons. The number of alkyl halides is 3. The van der Waals surface area contributed by atoms with E-state index in [4.69, 9.17) is 4.74 Å². The number of hydrogen-bond donors (Lipinski definition) is 1. The Labute approximate surface area is 118 Å². The molecule has 0 aliphatic carbocycles. The zero-order valence-electron chi connectivity index (χ0n) is 12.1. The van der Waals surface area contributed by atoms with Crippen LogP contribution in [0, 0.1) is 5.92 Å². The van der Waals surface area contributed by atoms with Crippen molar-refractivity contribution in [2.45, 2.75) is 39.5 Å². The Morgan fingerprint density at radius 1 is 1.10 bits per heavy atom. The number of halogens is 3. The molecule has 0 aliphatic rings. The summed E-state index contributed by atoms with van der Waals surface area (Å²) in [7, 11) is 0. The van der Waals surface area contributed by atoms with E-state index in [0.29, 0.717) is 18.2 Å². The third-order valence-corrected chi connectivity index (χ3v) is 2.85. The lowest BCUT2D eigenvalue weighted by Gasteiger charge is -2.16. The molecule has 0 saturated carbocycles. The Balaban J connectivity index is 2.37. The molecule has 0 aliphatic heterocycles. The Bertz CT molecular complexity index is 387. The first-order valence-corrected chi connectivity index (χ1v) is 6.83. The quantitative estimate of drug-likeness (QED) is 0.763. The molecule has 0 fully saturated rings. The molecule has 1 unspecified atom stereocenters. The smallest absolute Gasteiger partial charge is 0.416 e. The number of hydrogen-bond acceptors (Lipinski definition) is 2.